The molecule has 0 bridgehead atoms. The van der Waals surface area contributed by atoms with Crippen molar-refractivity contribution in [2.75, 3.05) is 31.0 Å². The first kappa shape index (κ1) is 23.8. The van der Waals surface area contributed by atoms with Crippen molar-refractivity contribution in [1.29, 1.82) is 0 Å². The average Bonchev–Trinajstić information content (AvgIpc) is 2.75. The second kappa shape index (κ2) is 12.2. The van der Waals surface area contributed by atoms with Gasteiger partial charge < -0.3 is 20.1 Å². The van der Waals surface area contributed by atoms with E-state index in [-0.39, 0.29) is 18.4 Å². The van der Waals surface area contributed by atoms with E-state index in [0.717, 1.165) is 0 Å². The molecule has 2 aromatic rings. The zero-order valence-corrected chi connectivity index (χ0v) is 19.0. The van der Waals surface area contributed by atoms with Gasteiger partial charge in [0.2, 0.25) is 5.91 Å². The average molecular weight is 495 g/mol. The second-order valence-corrected chi connectivity index (χ2v) is 8.01. The largest absolute Gasteiger partial charge is 0.482 e. The number of esters is 1. The molecule has 1 atom stereocenters. The molecule has 7 nitrogen and oxygen atoms in total. The number of benzene rings is 2. The zero-order valence-electron chi connectivity index (χ0n) is 16.6. The van der Waals surface area contributed by atoms with Crippen LogP contribution in [0.2, 0.25) is 0 Å². The molecule has 0 saturated carbocycles. The summed E-state index contributed by atoms with van der Waals surface area (Å²) in [5.74, 6) is -0.0581. The quantitative estimate of drug-likeness (QED) is 0.491. The minimum atomic E-state index is -0.711. The number of thioether (sulfide) groups is 1. The number of ether oxygens (including phenoxy) is 2. The number of hydrogen-bond acceptors (Lipinski definition) is 6. The van der Waals surface area contributed by atoms with Gasteiger partial charge in [-0.15, -0.1) is 0 Å². The molecule has 2 amide bonds. The molecule has 0 aliphatic heterocycles. The van der Waals surface area contributed by atoms with Crippen LogP contribution in [-0.4, -0.2) is 49.6 Å². The Hall–Kier alpha value is -2.52. The SMILES string of the molecule is COC(=O)COc1cccc(NC(=O)[C@H](CCSC)NC(=O)c2ccccc2Br)c1. The first-order valence-electron chi connectivity index (χ1n) is 9.09. The normalized spacial score (nSPS) is 11.3. The minimum Gasteiger partial charge on any atom is -0.482 e. The summed E-state index contributed by atoms with van der Waals surface area (Å²) in [5, 5.41) is 5.60. The summed E-state index contributed by atoms with van der Waals surface area (Å²) in [6.07, 6.45) is 2.41. The molecule has 9 heteroatoms. The summed E-state index contributed by atoms with van der Waals surface area (Å²) in [5.41, 5.74) is 0.948. The Labute approximate surface area is 188 Å². The first-order valence-corrected chi connectivity index (χ1v) is 11.3. The Balaban J connectivity index is 2.07. The molecule has 0 saturated heterocycles. The highest BCUT2D eigenvalue weighted by Gasteiger charge is 2.22. The van der Waals surface area contributed by atoms with Gasteiger partial charge in [0, 0.05) is 16.2 Å². The Morgan fingerprint density at radius 1 is 1.13 bits per heavy atom. The van der Waals surface area contributed by atoms with E-state index >= 15 is 0 Å². The van der Waals surface area contributed by atoms with Gasteiger partial charge in [-0.1, -0.05) is 18.2 Å². The highest BCUT2D eigenvalue weighted by Crippen LogP contribution is 2.19. The molecule has 0 unspecified atom stereocenters. The second-order valence-electron chi connectivity index (χ2n) is 6.17. The maximum atomic E-state index is 12.8. The van der Waals surface area contributed by atoms with Gasteiger partial charge in [-0.3, -0.25) is 9.59 Å². The van der Waals surface area contributed by atoms with Crippen LogP contribution in [0.1, 0.15) is 16.8 Å². The van der Waals surface area contributed by atoms with E-state index in [2.05, 4.69) is 31.3 Å². The standard InChI is InChI=1S/C21H23BrN2O5S/c1-28-19(25)13-29-15-7-5-6-14(12-15)23-21(27)18(10-11-30-2)24-20(26)16-8-3-4-9-17(16)22/h3-9,12,18H,10-11,13H2,1-2H3,(H,23,27)(H,24,26)/t18-/m0/s1. The van der Waals surface area contributed by atoms with Crippen molar-refractivity contribution < 1.29 is 23.9 Å². The molecule has 2 rings (SSSR count). The molecule has 0 fully saturated rings. The number of halogens is 1. The van der Waals surface area contributed by atoms with Crippen LogP contribution in [0.5, 0.6) is 5.75 Å². The fourth-order valence-electron chi connectivity index (χ4n) is 2.48. The van der Waals surface area contributed by atoms with Crippen molar-refractivity contribution in [3.8, 4) is 5.75 Å². The number of hydrogen-bond donors (Lipinski definition) is 2. The number of carbonyl (C=O) groups is 3. The molecule has 0 aliphatic carbocycles. The molecule has 0 radical (unpaired) electrons. The lowest BCUT2D eigenvalue weighted by Gasteiger charge is -2.19. The van der Waals surface area contributed by atoms with Gasteiger partial charge in [0.25, 0.3) is 5.91 Å². The van der Waals surface area contributed by atoms with Crippen molar-refractivity contribution >= 4 is 51.2 Å². The number of rotatable bonds is 10. The third kappa shape index (κ3) is 7.38. The predicted molar refractivity (Wildman–Crippen MR) is 121 cm³/mol. The first-order chi connectivity index (χ1) is 14.4. The van der Waals surface area contributed by atoms with E-state index in [9.17, 15) is 14.4 Å². The smallest absolute Gasteiger partial charge is 0.343 e. The van der Waals surface area contributed by atoms with Crippen molar-refractivity contribution in [2.45, 2.75) is 12.5 Å². The van der Waals surface area contributed by atoms with Crippen LogP contribution in [0.25, 0.3) is 0 Å². The number of nitrogens with one attached hydrogen (secondary N) is 2. The fourth-order valence-corrected chi connectivity index (χ4v) is 3.42. The van der Waals surface area contributed by atoms with Crippen LogP contribution in [-0.2, 0) is 14.3 Å². The summed E-state index contributed by atoms with van der Waals surface area (Å²) in [6.45, 7) is -0.230. The number of anilines is 1. The van der Waals surface area contributed by atoms with Crippen LogP contribution in [0.15, 0.2) is 53.0 Å². The van der Waals surface area contributed by atoms with Crippen LogP contribution >= 0.6 is 27.7 Å². The van der Waals surface area contributed by atoms with Crippen molar-refractivity contribution in [1.82, 2.24) is 5.32 Å². The maximum absolute atomic E-state index is 12.8. The lowest BCUT2D eigenvalue weighted by Crippen LogP contribution is -2.44. The van der Waals surface area contributed by atoms with Crippen LogP contribution in [0.4, 0.5) is 5.69 Å². The molecule has 0 aliphatic rings. The molecule has 0 aromatic heterocycles. The molecular formula is C21H23BrN2O5S. The van der Waals surface area contributed by atoms with E-state index in [1.165, 1.54) is 7.11 Å². The number of methoxy groups -OCH3 is 1. The van der Waals surface area contributed by atoms with Crippen LogP contribution in [0, 0.1) is 0 Å². The highest BCUT2D eigenvalue weighted by molar-refractivity contribution is 9.10. The van der Waals surface area contributed by atoms with Gasteiger partial charge in [0.05, 0.1) is 12.7 Å². The minimum absolute atomic E-state index is 0.230. The molecule has 30 heavy (non-hydrogen) atoms. The third-order valence-corrected chi connectivity index (χ3v) is 5.37. The lowest BCUT2D eigenvalue weighted by atomic mass is 10.1. The fraction of sp³-hybridized carbons (Fsp3) is 0.286. The Kier molecular flexibility index (Phi) is 9.69. The monoisotopic (exact) mass is 494 g/mol. The summed E-state index contributed by atoms with van der Waals surface area (Å²) >= 11 is 4.95. The van der Waals surface area contributed by atoms with Gasteiger partial charge in [0.1, 0.15) is 11.8 Å². The Bertz CT molecular complexity index is 893. The molecule has 0 spiro atoms. The van der Waals surface area contributed by atoms with E-state index < -0.39 is 12.0 Å². The van der Waals surface area contributed by atoms with Gasteiger partial charge in [-0.2, -0.15) is 11.8 Å². The van der Waals surface area contributed by atoms with Gasteiger partial charge >= 0.3 is 5.97 Å². The predicted octanol–water partition coefficient (Wildman–Crippen LogP) is 3.49. The summed E-state index contributed by atoms with van der Waals surface area (Å²) < 4.78 is 10.5. The van der Waals surface area contributed by atoms with Crippen LogP contribution in [0.3, 0.4) is 0 Å². The lowest BCUT2D eigenvalue weighted by molar-refractivity contribution is -0.142. The summed E-state index contributed by atoms with van der Waals surface area (Å²) in [4.78, 5) is 36.7. The van der Waals surface area contributed by atoms with Crippen LogP contribution < -0.4 is 15.4 Å². The van der Waals surface area contributed by atoms with Gasteiger partial charge in [-0.25, -0.2) is 4.79 Å². The molecular weight excluding hydrogens is 472 g/mol. The number of carbonyl (C=O) groups excluding carboxylic acids is 3. The van der Waals surface area contributed by atoms with E-state index in [4.69, 9.17) is 4.74 Å². The topological polar surface area (TPSA) is 93.7 Å². The van der Waals surface area contributed by atoms with E-state index in [1.54, 1.807) is 54.2 Å². The van der Waals surface area contributed by atoms with E-state index in [1.807, 2.05) is 12.3 Å². The van der Waals surface area contributed by atoms with Crippen molar-refractivity contribution in [3.63, 3.8) is 0 Å². The van der Waals surface area contributed by atoms with E-state index in [0.29, 0.717) is 33.6 Å². The van der Waals surface area contributed by atoms with Gasteiger partial charge in [0.15, 0.2) is 6.61 Å². The number of amides is 2. The van der Waals surface area contributed by atoms with Gasteiger partial charge in [-0.05, 0) is 58.6 Å². The highest BCUT2D eigenvalue weighted by atomic mass is 79.9. The Morgan fingerprint density at radius 2 is 1.90 bits per heavy atom. The zero-order chi connectivity index (χ0) is 21.9. The summed E-state index contributed by atoms with van der Waals surface area (Å²) in [7, 11) is 1.28. The van der Waals surface area contributed by atoms with Crippen molar-refractivity contribution in [2.24, 2.45) is 0 Å². The summed E-state index contributed by atoms with van der Waals surface area (Å²) in [6, 6.07) is 13.0. The Morgan fingerprint density at radius 3 is 2.60 bits per heavy atom. The van der Waals surface area contributed by atoms with Crippen molar-refractivity contribution in [3.05, 3.63) is 58.6 Å². The maximum Gasteiger partial charge on any atom is 0.343 e. The molecule has 2 aromatic carbocycles. The molecule has 0 heterocycles. The molecule has 2 N–H and O–H groups in total. The molecule has 160 valence electrons. The third-order valence-electron chi connectivity index (χ3n) is 4.04.